The highest BCUT2D eigenvalue weighted by Gasteiger charge is 2.59. The predicted molar refractivity (Wildman–Crippen MR) is 141 cm³/mol. The highest BCUT2D eigenvalue weighted by molar-refractivity contribution is 5.55. The average Bonchev–Trinajstić information content (AvgIpc) is 2.96. The minimum Gasteiger partial charge on any atom is -0.387 e. The lowest BCUT2D eigenvalue weighted by molar-refractivity contribution is -0.0565. The van der Waals surface area contributed by atoms with E-state index in [0.717, 1.165) is 16.7 Å². The Bertz CT molecular complexity index is 1260. The first-order valence-corrected chi connectivity index (χ1v) is 11.9. The van der Waals surface area contributed by atoms with Crippen molar-refractivity contribution in [3.05, 3.63) is 179 Å². The number of hydrogen-bond acceptors (Lipinski definition) is 2. The fourth-order valence-electron chi connectivity index (χ4n) is 5.37. The molecule has 35 heavy (non-hydrogen) atoms. The second-order valence-corrected chi connectivity index (χ2v) is 8.80. The van der Waals surface area contributed by atoms with E-state index in [1.165, 1.54) is 0 Å². The van der Waals surface area contributed by atoms with Crippen molar-refractivity contribution in [2.45, 2.75) is 17.1 Å². The summed E-state index contributed by atoms with van der Waals surface area (Å²) in [6, 6.07) is 48.7. The SMILES string of the molecule is OC(c1ccccc1)C(c1ccccc1)(c1ccccc1)C(O)(c1ccccc1)c1ccccc1. The molecule has 2 N–H and O–H groups in total. The third-order valence-electron chi connectivity index (χ3n) is 6.94. The van der Waals surface area contributed by atoms with Gasteiger partial charge in [-0.15, -0.1) is 0 Å². The summed E-state index contributed by atoms with van der Waals surface area (Å²) in [5.41, 5.74) is 0.872. The maximum absolute atomic E-state index is 13.2. The molecule has 0 aliphatic rings. The summed E-state index contributed by atoms with van der Waals surface area (Å²) in [5, 5.41) is 25.7. The summed E-state index contributed by atoms with van der Waals surface area (Å²) in [6.45, 7) is 0. The van der Waals surface area contributed by atoms with Gasteiger partial charge >= 0.3 is 0 Å². The lowest BCUT2D eigenvalue weighted by Crippen LogP contribution is -2.54. The van der Waals surface area contributed by atoms with E-state index in [4.69, 9.17) is 0 Å². The smallest absolute Gasteiger partial charge is 0.131 e. The van der Waals surface area contributed by atoms with Crippen molar-refractivity contribution in [3.63, 3.8) is 0 Å². The van der Waals surface area contributed by atoms with Crippen molar-refractivity contribution < 1.29 is 10.2 Å². The number of benzene rings is 5. The third kappa shape index (κ3) is 3.77. The van der Waals surface area contributed by atoms with E-state index in [0.29, 0.717) is 11.1 Å². The molecule has 0 fully saturated rings. The van der Waals surface area contributed by atoms with E-state index >= 15 is 0 Å². The van der Waals surface area contributed by atoms with Crippen molar-refractivity contribution in [2.75, 3.05) is 0 Å². The summed E-state index contributed by atoms with van der Waals surface area (Å²) in [6.07, 6.45) is -1.07. The Morgan fingerprint density at radius 2 is 0.686 bits per heavy atom. The molecule has 5 rings (SSSR count). The predicted octanol–water partition coefficient (Wildman–Crippen LogP) is 6.64. The second-order valence-electron chi connectivity index (χ2n) is 8.80. The summed E-state index contributed by atoms with van der Waals surface area (Å²) in [7, 11) is 0. The molecular formula is C33H28O2. The molecule has 5 aromatic rings. The van der Waals surface area contributed by atoms with E-state index in [1.54, 1.807) is 0 Å². The lowest BCUT2D eigenvalue weighted by atomic mass is 9.54. The molecule has 0 spiro atoms. The molecule has 1 atom stereocenters. The van der Waals surface area contributed by atoms with Crippen LogP contribution in [-0.2, 0) is 11.0 Å². The quantitative estimate of drug-likeness (QED) is 0.288. The number of rotatable bonds is 7. The van der Waals surface area contributed by atoms with Crippen molar-refractivity contribution in [1.82, 2.24) is 0 Å². The standard InChI is InChI=1S/C33H28O2/c34-31(26-16-6-1-7-17-26)32(27-18-8-2-9-19-27,28-20-10-3-11-21-28)33(35,29-22-12-4-13-23-29)30-24-14-5-15-25-30/h1-25,31,34-35H. The molecular weight excluding hydrogens is 428 g/mol. The van der Waals surface area contributed by atoms with Gasteiger partial charge in [-0.25, -0.2) is 0 Å². The topological polar surface area (TPSA) is 40.5 Å². The van der Waals surface area contributed by atoms with E-state index in [2.05, 4.69) is 0 Å². The molecule has 0 amide bonds. The first kappa shape index (κ1) is 22.8. The Morgan fingerprint density at radius 3 is 1.03 bits per heavy atom. The van der Waals surface area contributed by atoms with Gasteiger partial charge in [0.25, 0.3) is 0 Å². The first-order chi connectivity index (χ1) is 17.2. The fraction of sp³-hybridized carbons (Fsp3) is 0.0909. The Morgan fingerprint density at radius 1 is 0.400 bits per heavy atom. The molecule has 0 aliphatic carbocycles. The van der Waals surface area contributed by atoms with Crippen LogP contribution in [0.5, 0.6) is 0 Å². The van der Waals surface area contributed by atoms with Crippen molar-refractivity contribution in [1.29, 1.82) is 0 Å². The molecule has 0 heterocycles. The molecule has 2 nitrogen and oxygen atoms in total. The molecule has 0 saturated heterocycles. The van der Waals surface area contributed by atoms with E-state index in [-0.39, 0.29) is 0 Å². The highest BCUT2D eigenvalue weighted by Crippen LogP contribution is 2.57. The molecule has 0 aromatic heterocycles. The van der Waals surface area contributed by atoms with Crippen LogP contribution in [0.3, 0.4) is 0 Å². The van der Waals surface area contributed by atoms with Gasteiger partial charge in [0.2, 0.25) is 0 Å². The summed E-state index contributed by atoms with van der Waals surface area (Å²) < 4.78 is 0. The van der Waals surface area contributed by atoms with Crippen LogP contribution in [-0.4, -0.2) is 10.2 Å². The summed E-state index contributed by atoms with van der Waals surface area (Å²) in [5.74, 6) is 0. The van der Waals surface area contributed by atoms with Gasteiger partial charge in [-0.1, -0.05) is 152 Å². The van der Waals surface area contributed by atoms with Crippen LogP contribution < -0.4 is 0 Å². The zero-order valence-electron chi connectivity index (χ0n) is 19.4. The average molecular weight is 457 g/mol. The largest absolute Gasteiger partial charge is 0.387 e. The normalized spacial score (nSPS) is 12.7. The van der Waals surface area contributed by atoms with Crippen molar-refractivity contribution in [3.8, 4) is 0 Å². The molecule has 2 heteroatoms. The monoisotopic (exact) mass is 456 g/mol. The lowest BCUT2D eigenvalue weighted by Gasteiger charge is -2.51. The maximum atomic E-state index is 13.2. The van der Waals surface area contributed by atoms with E-state index < -0.39 is 17.1 Å². The molecule has 5 aromatic carbocycles. The molecule has 0 radical (unpaired) electrons. The summed E-state index contributed by atoms with van der Waals surface area (Å²) in [4.78, 5) is 0. The fourth-order valence-corrected chi connectivity index (χ4v) is 5.37. The van der Waals surface area contributed by atoms with Gasteiger partial charge in [0, 0.05) is 0 Å². The van der Waals surface area contributed by atoms with Crippen LogP contribution in [0, 0.1) is 0 Å². The van der Waals surface area contributed by atoms with Crippen molar-refractivity contribution in [2.24, 2.45) is 0 Å². The van der Waals surface area contributed by atoms with Crippen LogP contribution in [0.25, 0.3) is 0 Å². The van der Waals surface area contributed by atoms with Crippen LogP contribution in [0.1, 0.15) is 33.9 Å². The minimum absolute atomic E-state index is 0.703. The van der Waals surface area contributed by atoms with E-state index in [1.807, 2.05) is 152 Å². The van der Waals surface area contributed by atoms with Gasteiger partial charge in [-0.2, -0.15) is 0 Å². The zero-order chi connectivity index (χ0) is 24.1. The van der Waals surface area contributed by atoms with Crippen LogP contribution >= 0.6 is 0 Å². The van der Waals surface area contributed by atoms with Gasteiger partial charge in [0.1, 0.15) is 5.60 Å². The second kappa shape index (κ2) is 9.71. The Balaban J connectivity index is 1.97. The Kier molecular flexibility index (Phi) is 6.33. The number of aliphatic hydroxyl groups excluding tert-OH is 1. The van der Waals surface area contributed by atoms with Gasteiger partial charge in [0.05, 0.1) is 11.5 Å². The van der Waals surface area contributed by atoms with Gasteiger partial charge < -0.3 is 10.2 Å². The van der Waals surface area contributed by atoms with Gasteiger partial charge in [-0.05, 0) is 27.8 Å². The van der Waals surface area contributed by atoms with Crippen LogP contribution in [0.4, 0.5) is 0 Å². The van der Waals surface area contributed by atoms with Crippen LogP contribution in [0.15, 0.2) is 152 Å². The van der Waals surface area contributed by atoms with Crippen molar-refractivity contribution >= 4 is 0 Å². The minimum atomic E-state index is -1.62. The van der Waals surface area contributed by atoms with Gasteiger partial charge in [0.15, 0.2) is 0 Å². The number of hydrogen-bond donors (Lipinski definition) is 2. The zero-order valence-corrected chi connectivity index (χ0v) is 19.4. The molecule has 0 bridgehead atoms. The molecule has 1 unspecified atom stereocenters. The highest BCUT2D eigenvalue weighted by atomic mass is 16.3. The van der Waals surface area contributed by atoms with Crippen LogP contribution in [0.2, 0.25) is 0 Å². The third-order valence-corrected chi connectivity index (χ3v) is 6.94. The first-order valence-electron chi connectivity index (χ1n) is 11.9. The molecule has 0 saturated carbocycles. The maximum Gasteiger partial charge on any atom is 0.131 e. The van der Waals surface area contributed by atoms with E-state index in [9.17, 15) is 10.2 Å². The Hall–Kier alpha value is -3.98. The number of aliphatic hydroxyl groups is 2. The molecule has 0 aliphatic heterocycles. The summed E-state index contributed by atoms with van der Waals surface area (Å²) >= 11 is 0. The van der Waals surface area contributed by atoms with Gasteiger partial charge in [-0.3, -0.25) is 0 Å². The molecule has 172 valence electrons. The Labute approximate surface area is 206 Å².